The lowest BCUT2D eigenvalue weighted by atomic mass is 9.97. The minimum Gasteiger partial charge on any atom is -0.494 e. The van der Waals surface area contributed by atoms with E-state index in [0.29, 0.717) is 23.6 Å². The van der Waals surface area contributed by atoms with Crippen molar-refractivity contribution in [1.29, 1.82) is 0 Å². The van der Waals surface area contributed by atoms with Crippen molar-refractivity contribution in [2.75, 3.05) is 11.9 Å². The lowest BCUT2D eigenvalue weighted by Gasteiger charge is -2.20. The summed E-state index contributed by atoms with van der Waals surface area (Å²) >= 11 is 6.02. The van der Waals surface area contributed by atoms with Gasteiger partial charge in [-0.1, -0.05) is 54.1 Å². The maximum Gasteiger partial charge on any atom is 0.165 e. The number of carbonyl (C=O) groups is 1. The molecule has 1 N–H and O–H groups in total. The Kier molecular flexibility index (Phi) is 6.50. The second kappa shape index (κ2) is 9.24. The lowest BCUT2D eigenvalue weighted by Crippen LogP contribution is -2.15. The number of anilines is 1. The average Bonchev–Trinajstić information content (AvgIpc) is 2.70. The van der Waals surface area contributed by atoms with Crippen molar-refractivity contribution >= 4 is 23.1 Å². The SMILES string of the molecule is CCOc1ccc(NC(CC(=O)c2ccccc2)c2ccc(Cl)cc2)cc1. The van der Waals surface area contributed by atoms with Gasteiger partial charge in [0.15, 0.2) is 5.78 Å². The fraction of sp³-hybridized carbons (Fsp3) is 0.174. The fourth-order valence-electron chi connectivity index (χ4n) is 2.89. The Hall–Kier alpha value is -2.78. The van der Waals surface area contributed by atoms with Gasteiger partial charge in [-0.05, 0) is 48.9 Å². The van der Waals surface area contributed by atoms with Crippen molar-refractivity contribution < 1.29 is 9.53 Å². The van der Waals surface area contributed by atoms with Crippen LogP contribution in [0.3, 0.4) is 0 Å². The smallest absolute Gasteiger partial charge is 0.165 e. The first kappa shape index (κ1) is 19.0. The van der Waals surface area contributed by atoms with Crippen LogP contribution in [-0.2, 0) is 0 Å². The molecule has 27 heavy (non-hydrogen) atoms. The second-order valence-corrected chi connectivity index (χ2v) is 6.64. The van der Waals surface area contributed by atoms with Gasteiger partial charge in [0.25, 0.3) is 0 Å². The number of nitrogens with one attached hydrogen (secondary N) is 1. The van der Waals surface area contributed by atoms with Crippen LogP contribution in [0.25, 0.3) is 0 Å². The quantitative estimate of drug-likeness (QED) is 0.476. The minimum absolute atomic E-state index is 0.0917. The molecule has 0 aromatic heterocycles. The van der Waals surface area contributed by atoms with Crippen LogP contribution in [0.1, 0.15) is 35.3 Å². The Labute approximate surface area is 164 Å². The molecular formula is C23H22ClNO2. The van der Waals surface area contributed by atoms with E-state index in [1.165, 1.54) is 0 Å². The zero-order chi connectivity index (χ0) is 19.1. The van der Waals surface area contributed by atoms with Gasteiger partial charge < -0.3 is 10.1 Å². The number of halogens is 1. The highest BCUT2D eigenvalue weighted by molar-refractivity contribution is 6.30. The van der Waals surface area contributed by atoms with E-state index in [2.05, 4.69) is 5.32 Å². The topological polar surface area (TPSA) is 38.3 Å². The monoisotopic (exact) mass is 379 g/mol. The van der Waals surface area contributed by atoms with E-state index < -0.39 is 0 Å². The first-order valence-corrected chi connectivity index (χ1v) is 9.36. The molecule has 1 atom stereocenters. The van der Waals surface area contributed by atoms with Gasteiger partial charge in [-0.15, -0.1) is 0 Å². The molecule has 0 amide bonds. The third-order valence-electron chi connectivity index (χ3n) is 4.26. The van der Waals surface area contributed by atoms with Crippen LogP contribution in [0.4, 0.5) is 5.69 Å². The molecular weight excluding hydrogens is 358 g/mol. The predicted molar refractivity (Wildman–Crippen MR) is 111 cm³/mol. The molecule has 138 valence electrons. The van der Waals surface area contributed by atoms with Crippen LogP contribution in [0.5, 0.6) is 5.75 Å². The molecule has 0 saturated heterocycles. The summed E-state index contributed by atoms with van der Waals surface area (Å²) in [5, 5.41) is 4.14. The zero-order valence-electron chi connectivity index (χ0n) is 15.2. The zero-order valence-corrected chi connectivity index (χ0v) is 15.9. The van der Waals surface area contributed by atoms with Crippen LogP contribution in [0, 0.1) is 0 Å². The highest BCUT2D eigenvalue weighted by Crippen LogP contribution is 2.27. The van der Waals surface area contributed by atoms with Crippen LogP contribution in [0.15, 0.2) is 78.9 Å². The Morgan fingerprint density at radius 2 is 1.63 bits per heavy atom. The number of Topliss-reactive ketones (excluding diaryl/α,β-unsaturated/α-hetero) is 1. The van der Waals surface area contributed by atoms with Crippen LogP contribution in [0.2, 0.25) is 5.02 Å². The Balaban J connectivity index is 1.81. The molecule has 0 heterocycles. The molecule has 0 radical (unpaired) electrons. The van der Waals surface area contributed by atoms with E-state index in [-0.39, 0.29) is 11.8 Å². The van der Waals surface area contributed by atoms with Crippen molar-refractivity contribution in [3.63, 3.8) is 0 Å². The van der Waals surface area contributed by atoms with Gasteiger partial charge in [0, 0.05) is 22.7 Å². The number of hydrogen-bond acceptors (Lipinski definition) is 3. The minimum atomic E-state index is -0.159. The fourth-order valence-corrected chi connectivity index (χ4v) is 3.02. The summed E-state index contributed by atoms with van der Waals surface area (Å²) in [7, 11) is 0. The Morgan fingerprint density at radius 1 is 0.963 bits per heavy atom. The standard InChI is InChI=1S/C23H22ClNO2/c1-2-27-21-14-12-20(13-15-21)25-22(17-8-10-19(24)11-9-17)16-23(26)18-6-4-3-5-7-18/h3-15,22,25H,2,16H2,1H3. The average molecular weight is 380 g/mol. The van der Waals surface area contributed by atoms with Crippen LogP contribution >= 0.6 is 11.6 Å². The van der Waals surface area contributed by atoms with Gasteiger partial charge >= 0.3 is 0 Å². The molecule has 3 aromatic carbocycles. The van der Waals surface area contributed by atoms with E-state index in [1.54, 1.807) is 0 Å². The third kappa shape index (κ3) is 5.35. The summed E-state index contributed by atoms with van der Waals surface area (Å²) < 4.78 is 5.49. The van der Waals surface area contributed by atoms with Gasteiger partial charge in [0.2, 0.25) is 0 Å². The summed E-state index contributed by atoms with van der Waals surface area (Å²) in [6, 6.07) is 24.5. The number of carbonyl (C=O) groups excluding carboxylic acids is 1. The first-order valence-electron chi connectivity index (χ1n) is 8.99. The van der Waals surface area contributed by atoms with Gasteiger partial charge in [-0.25, -0.2) is 0 Å². The van der Waals surface area contributed by atoms with Gasteiger partial charge in [0.05, 0.1) is 12.6 Å². The van der Waals surface area contributed by atoms with E-state index >= 15 is 0 Å². The number of hydrogen-bond donors (Lipinski definition) is 1. The summed E-state index contributed by atoms with van der Waals surface area (Å²) in [4.78, 5) is 12.7. The van der Waals surface area contributed by atoms with Crippen molar-refractivity contribution in [1.82, 2.24) is 0 Å². The third-order valence-corrected chi connectivity index (χ3v) is 4.52. The molecule has 0 saturated carbocycles. The van der Waals surface area contributed by atoms with Crippen molar-refractivity contribution in [3.05, 3.63) is 95.0 Å². The molecule has 3 nitrogen and oxygen atoms in total. The lowest BCUT2D eigenvalue weighted by molar-refractivity contribution is 0.0976. The summed E-state index contributed by atoms with van der Waals surface area (Å²) in [5.41, 5.74) is 2.65. The van der Waals surface area contributed by atoms with Crippen LogP contribution in [-0.4, -0.2) is 12.4 Å². The molecule has 0 bridgehead atoms. The van der Waals surface area contributed by atoms with E-state index in [9.17, 15) is 4.79 Å². The number of ketones is 1. The van der Waals surface area contributed by atoms with Crippen molar-refractivity contribution in [2.24, 2.45) is 0 Å². The highest BCUT2D eigenvalue weighted by atomic mass is 35.5. The molecule has 0 aliphatic heterocycles. The summed E-state index contributed by atoms with van der Waals surface area (Å²) in [6.45, 7) is 2.59. The van der Waals surface area contributed by atoms with E-state index in [4.69, 9.17) is 16.3 Å². The Bertz CT molecular complexity index is 861. The van der Waals surface area contributed by atoms with E-state index in [1.807, 2.05) is 85.8 Å². The number of benzene rings is 3. The maximum atomic E-state index is 12.7. The van der Waals surface area contributed by atoms with Crippen LogP contribution < -0.4 is 10.1 Å². The molecule has 1 unspecified atom stereocenters. The van der Waals surface area contributed by atoms with E-state index in [0.717, 1.165) is 17.0 Å². The van der Waals surface area contributed by atoms with Gasteiger partial charge in [0.1, 0.15) is 5.75 Å². The van der Waals surface area contributed by atoms with Gasteiger partial charge in [-0.3, -0.25) is 4.79 Å². The summed E-state index contributed by atoms with van der Waals surface area (Å²) in [5.74, 6) is 0.917. The predicted octanol–water partition coefficient (Wildman–Crippen LogP) is 6.16. The molecule has 0 aliphatic carbocycles. The van der Waals surface area contributed by atoms with Crippen molar-refractivity contribution in [2.45, 2.75) is 19.4 Å². The second-order valence-electron chi connectivity index (χ2n) is 6.20. The molecule has 0 fully saturated rings. The summed E-state index contributed by atoms with van der Waals surface area (Å²) in [6.07, 6.45) is 0.346. The Morgan fingerprint density at radius 3 is 2.26 bits per heavy atom. The molecule has 0 spiro atoms. The van der Waals surface area contributed by atoms with Crippen molar-refractivity contribution in [3.8, 4) is 5.75 Å². The largest absolute Gasteiger partial charge is 0.494 e. The highest BCUT2D eigenvalue weighted by Gasteiger charge is 2.17. The molecule has 3 aromatic rings. The molecule has 4 heteroatoms. The molecule has 3 rings (SSSR count). The van der Waals surface area contributed by atoms with Gasteiger partial charge in [-0.2, -0.15) is 0 Å². The number of rotatable bonds is 8. The number of ether oxygens (including phenoxy) is 1. The maximum absolute atomic E-state index is 12.7. The molecule has 0 aliphatic rings. The first-order chi connectivity index (χ1) is 13.2. The normalized spacial score (nSPS) is 11.6.